The molecule has 92 valence electrons. The van der Waals surface area contributed by atoms with Gasteiger partial charge in [0, 0.05) is 22.9 Å². The van der Waals surface area contributed by atoms with Crippen molar-refractivity contribution in [3.05, 3.63) is 39.5 Å². The van der Waals surface area contributed by atoms with E-state index >= 15 is 0 Å². The molecule has 1 N–H and O–H groups in total. The van der Waals surface area contributed by atoms with Crippen LogP contribution in [0.5, 0.6) is 0 Å². The van der Waals surface area contributed by atoms with Gasteiger partial charge < -0.3 is 0 Å². The van der Waals surface area contributed by atoms with Crippen molar-refractivity contribution in [3.8, 4) is 0 Å². The van der Waals surface area contributed by atoms with Crippen LogP contribution in [0.2, 0.25) is 0 Å². The second kappa shape index (κ2) is 4.54. The lowest BCUT2D eigenvalue weighted by molar-refractivity contribution is 0.969. The van der Waals surface area contributed by atoms with Crippen molar-refractivity contribution < 1.29 is 0 Å². The summed E-state index contributed by atoms with van der Waals surface area (Å²) >= 11 is 2.98. The number of rotatable bonds is 3. The van der Waals surface area contributed by atoms with E-state index < -0.39 is 0 Å². The van der Waals surface area contributed by atoms with Crippen molar-refractivity contribution in [1.82, 2.24) is 24.6 Å². The molecule has 8 heteroatoms. The highest BCUT2D eigenvalue weighted by atomic mass is 32.2. The Morgan fingerprint density at radius 1 is 1.56 bits per heavy atom. The maximum atomic E-state index is 11.9. The van der Waals surface area contributed by atoms with E-state index in [4.69, 9.17) is 0 Å². The van der Waals surface area contributed by atoms with E-state index in [2.05, 4.69) is 20.2 Å². The number of H-pyrrole nitrogens is 1. The molecule has 0 fully saturated rings. The van der Waals surface area contributed by atoms with Gasteiger partial charge in [0.2, 0.25) is 0 Å². The van der Waals surface area contributed by atoms with Crippen LogP contribution in [0.25, 0.3) is 4.96 Å². The Kier molecular flexibility index (Phi) is 2.88. The van der Waals surface area contributed by atoms with Crippen molar-refractivity contribution in [1.29, 1.82) is 0 Å². The summed E-state index contributed by atoms with van der Waals surface area (Å²) in [5, 5.41) is 7.24. The van der Waals surface area contributed by atoms with Gasteiger partial charge in [-0.1, -0.05) is 11.8 Å². The van der Waals surface area contributed by atoms with Crippen molar-refractivity contribution in [3.63, 3.8) is 0 Å². The second-order valence-corrected chi connectivity index (χ2v) is 5.84. The van der Waals surface area contributed by atoms with E-state index in [1.54, 1.807) is 10.5 Å². The highest BCUT2D eigenvalue weighted by molar-refractivity contribution is 7.98. The third kappa shape index (κ3) is 2.16. The molecule has 0 amide bonds. The molecule has 0 aromatic carbocycles. The molecule has 3 rings (SSSR count). The molecule has 0 spiro atoms. The third-order valence-corrected chi connectivity index (χ3v) is 4.09. The van der Waals surface area contributed by atoms with Crippen molar-refractivity contribution in [2.75, 3.05) is 0 Å². The molecule has 0 aliphatic carbocycles. The average molecular weight is 279 g/mol. The first-order chi connectivity index (χ1) is 8.72. The van der Waals surface area contributed by atoms with Gasteiger partial charge >= 0.3 is 0 Å². The third-order valence-electron chi connectivity index (χ3n) is 2.29. The molecular weight excluding hydrogens is 270 g/mol. The maximum absolute atomic E-state index is 11.9. The van der Waals surface area contributed by atoms with Gasteiger partial charge in [0.25, 0.3) is 5.56 Å². The van der Waals surface area contributed by atoms with Crippen LogP contribution < -0.4 is 5.56 Å². The fourth-order valence-corrected chi connectivity index (χ4v) is 3.06. The van der Waals surface area contributed by atoms with Gasteiger partial charge in [-0.15, -0.1) is 11.3 Å². The van der Waals surface area contributed by atoms with Crippen LogP contribution in [0.3, 0.4) is 0 Å². The van der Waals surface area contributed by atoms with Crippen LogP contribution in [-0.2, 0) is 5.75 Å². The van der Waals surface area contributed by atoms with E-state index in [0.717, 1.165) is 20.7 Å². The number of fused-ring (bicyclic) bond motifs is 1. The molecule has 3 heterocycles. The number of nitrogens with zero attached hydrogens (tertiary/aromatic N) is 4. The number of aromatic amines is 1. The Morgan fingerprint density at radius 3 is 3.22 bits per heavy atom. The van der Waals surface area contributed by atoms with Crippen LogP contribution in [0.15, 0.2) is 28.5 Å². The summed E-state index contributed by atoms with van der Waals surface area (Å²) in [4.78, 5) is 22.1. The Hall–Kier alpha value is -1.67. The molecule has 0 aliphatic heterocycles. The molecule has 0 saturated heterocycles. The highest BCUT2D eigenvalue weighted by Gasteiger charge is 2.06. The lowest BCUT2D eigenvalue weighted by Gasteiger charge is -1.98. The van der Waals surface area contributed by atoms with Crippen LogP contribution in [0.4, 0.5) is 0 Å². The second-order valence-electron chi connectivity index (χ2n) is 3.66. The summed E-state index contributed by atoms with van der Waals surface area (Å²) in [6, 6.07) is 1.56. The summed E-state index contributed by atoms with van der Waals surface area (Å²) in [5.41, 5.74) is 0.709. The van der Waals surface area contributed by atoms with Crippen LogP contribution in [0, 0.1) is 6.92 Å². The SMILES string of the molecule is Cc1cn2c(=O)cc(CSc3ncn[nH]3)nc2s1. The maximum Gasteiger partial charge on any atom is 0.258 e. The van der Waals surface area contributed by atoms with Crippen molar-refractivity contribution >= 4 is 28.1 Å². The molecule has 0 bridgehead atoms. The van der Waals surface area contributed by atoms with Crippen molar-refractivity contribution in [2.45, 2.75) is 17.8 Å². The summed E-state index contributed by atoms with van der Waals surface area (Å²) in [5.74, 6) is 0.595. The molecule has 0 saturated carbocycles. The lowest BCUT2D eigenvalue weighted by Crippen LogP contribution is -2.12. The molecular formula is C10H9N5OS2. The number of aryl methyl sites for hydroxylation is 1. The van der Waals surface area contributed by atoms with Gasteiger partial charge in [-0.05, 0) is 6.92 Å². The zero-order chi connectivity index (χ0) is 12.5. The van der Waals surface area contributed by atoms with Crippen molar-refractivity contribution in [2.24, 2.45) is 0 Å². The number of hydrogen-bond donors (Lipinski definition) is 1. The van der Waals surface area contributed by atoms with Gasteiger partial charge in [0.15, 0.2) is 10.1 Å². The Bertz CT molecular complexity index is 730. The smallest absolute Gasteiger partial charge is 0.258 e. The number of nitrogens with one attached hydrogen (secondary N) is 1. The lowest BCUT2D eigenvalue weighted by atomic mass is 10.4. The van der Waals surface area contributed by atoms with Gasteiger partial charge in [-0.25, -0.2) is 9.97 Å². The predicted octanol–water partition coefficient (Wildman–Crippen LogP) is 1.47. The first-order valence-corrected chi connectivity index (χ1v) is 6.99. The zero-order valence-electron chi connectivity index (χ0n) is 9.45. The number of aromatic nitrogens is 5. The fraction of sp³-hybridized carbons (Fsp3) is 0.200. The Labute approximate surface area is 110 Å². The van der Waals surface area contributed by atoms with Gasteiger partial charge in [0.1, 0.15) is 6.33 Å². The molecule has 0 aliphatic rings. The standard InChI is InChI=1S/C10H9N5OS2/c1-6-3-15-8(16)2-7(13-10(15)18-6)4-17-9-11-5-12-14-9/h2-3,5H,4H2,1H3,(H,11,12,14). The van der Waals surface area contributed by atoms with Gasteiger partial charge in [-0.2, -0.15) is 5.10 Å². The summed E-state index contributed by atoms with van der Waals surface area (Å²) in [6.45, 7) is 1.96. The van der Waals surface area contributed by atoms with Crippen LogP contribution >= 0.6 is 23.1 Å². The van der Waals surface area contributed by atoms with E-state index in [0.29, 0.717) is 5.75 Å². The molecule has 0 unspecified atom stereocenters. The largest absolute Gasteiger partial charge is 0.269 e. The predicted molar refractivity (Wildman–Crippen MR) is 70.0 cm³/mol. The van der Waals surface area contributed by atoms with Crippen LogP contribution in [0.1, 0.15) is 10.6 Å². The van der Waals surface area contributed by atoms with E-state index in [1.165, 1.54) is 29.4 Å². The minimum atomic E-state index is -0.0440. The minimum Gasteiger partial charge on any atom is -0.269 e. The van der Waals surface area contributed by atoms with Crippen LogP contribution in [-0.4, -0.2) is 24.6 Å². The number of hydrogen-bond acceptors (Lipinski definition) is 6. The number of thioether (sulfide) groups is 1. The number of thiazole rings is 1. The first-order valence-electron chi connectivity index (χ1n) is 5.19. The topological polar surface area (TPSA) is 75.9 Å². The average Bonchev–Trinajstić information content (AvgIpc) is 2.94. The monoisotopic (exact) mass is 279 g/mol. The molecule has 0 radical (unpaired) electrons. The van der Waals surface area contributed by atoms with Gasteiger partial charge in [0.05, 0.1) is 5.69 Å². The minimum absolute atomic E-state index is 0.0440. The summed E-state index contributed by atoms with van der Waals surface area (Å²) < 4.78 is 1.57. The normalized spacial score (nSPS) is 11.2. The zero-order valence-corrected chi connectivity index (χ0v) is 11.1. The molecule has 0 atom stereocenters. The van der Waals surface area contributed by atoms with E-state index in [9.17, 15) is 4.79 Å². The quantitative estimate of drug-likeness (QED) is 0.735. The Morgan fingerprint density at radius 2 is 2.44 bits per heavy atom. The van der Waals surface area contributed by atoms with Gasteiger partial charge in [-0.3, -0.25) is 14.3 Å². The first kappa shape index (κ1) is 11.4. The molecule has 6 nitrogen and oxygen atoms in total. The molecule has 18 heavy (non-hydrogen) atoms. The highest BCUT2D eigenvalue weighted by Crippen LogP contribution is 2.18. The van der Waals surface area contributed by atoms with E-state index in [-0.39, 0.29) is 5.56 Å². The molecule has 3 aromatic heterocycles. The Balaban J connectivity index is 1.90. The fourth-order valence-electron chi connectivity index (χ4n) is 1.54. The molecule has 3 aromatic rings. The summed E-state index contributed by atoms with van der Waals surface area (Å²) in [7, 11) is 0. The summed E-state index contributed by atoms with van der Waals surface area (Å²) in [6.07, 6.45) is 3.26. The van der Waals surface area contributed by atoms with E-state index in [1.807, 2.05) is 13.1 Å².